The van der Waals surface area contributed by atoms with Gasteiger partial charge in [0, 0.05) is 37.8 Å². The van der Waals surface area contributed by atoms with Crippen LogP contribution < -0.4 is 5.32 Å². The first-order valence-corrected chi connectivity index (χ1v) is 8.26. The van der Waals surface area contributed by atoms with Crippen LogP contribution >= 0.6 is 12.4 Å². The van der Waals surface area contributed by atoms with E-state index in [9.17, 15) is 13.2 Å². The van der Waals surface area contributed by atoms with Gasteiger partial charge >= 0.3 is 0 Å². The normalized spacial score (nSPS) is 21.7. The first-order valence-electron chi connectivity index (χ1n) is 8.26. The summed E-state index contributed by atoms with van der Waals surface area (Å²) in [6, 6.07) is 1.59. The molecule has 0 unspecified atom stereocenters. The first kappa shape index (κ1) is 18.6. The highest BCUT2D eigenvalue weighted by atomic mass is 35.5. The Balaban J connectivity index is 0.00000192. The van der Waals surface area contributed by atoms with Gasteiger partial charge in [0.2, 0.25) is 0 Å². The second-order valence-electron chi connectivity index (χ2n) is 6.39. The maximum atomic E-state index is 14.4. The van der Waals surface area contributed by atoms with E-state index in [2.05, 4.69) is 10.2 Å². The van der Waals surface area contributed by atoms with Crippen LogP contribution in [0.1, 0.15) is 43.7 Å². The topological polar surface area (TPSA) is 15.3 Å². The van der Waals surface area contributed by atoms with Gasteiger partial charge in [0.25, 0.3) is 0 Å². The zero-order valence-corrected chi connectivity index (χ0v) is 14.0. The molecule has 3 rings (SSSR count). The van der Waals surface area contributed by atoms with Crippen LogP contribution in [0.5, 0.6) is 0 Å². The lowest BCUT2D eigenvalue weighted by molar-refractivity contribution is 0.0970. The molecule has 1 N–H and O–H groups in total. The lowest BCUT2D eigenvalue weighted by atomic mass is 9.79. The Morgan fingerprint density at radius 3 is 2.22 bits per heavy atom. The van der Waals surface area contributed by atoms with E-state index in [0.29, 0.717) is 0 Å². The Hall–Kier alpha value is -0.780. The summed E-state index contributed by atoms with van der Waals surface area (Å²) in [4.78, 5) is 2.13. The molecule has 0 bridgehead atoms. The zero-order valence-electron chi connectivity index (χ0n) is 13.2. The summed E-state index contributed by atoms with van der Waals surface area (Å²) < 4.78 is 42.4. The van der Waals surface area contributed by atoms with Gasteiger partial charge in [0.15, 0.2) is 11.6 Å². The fourth-order valence-corrected chi connectivity index (χ4v) is 3.94. The molecule has 1 saturated carbocycles. The minimum absolute atomic E-state index is 0. The molecule has 130 valence electrons. The molecule has 1 atom stereocenters. The van der Waals surface area contributed by atoms with Crippen LogP contribution in [0.15, 0.2) is 12.1 Å². The van der Waals surface area contributed by atoms with E-state index in [-0.39, 0.29) is 29.9 Å². The third kappa shape index (κ3) is 4.01. The van der Waals surface area contributed by atoms with Gasteiger partial charge in [0.1, 0.15) is 5.82 Å². The molecule has 2 nitrogen and oxygen atoms in total. The smallest absolute Gasteiger partial charge is 0.166 e. The van der Waals surface area contributed by atoms with Crippen LogP contribution in [0.2, 0.25) is 0 Å². The van der Waals surface area contributed by atoms with E-state index in [1.54, 1.807) is 0 Å². The molecule has 23 heavy (non-hydrogen) atoms. The average molecular weight is 349 g/mol. The second kappa shape index (κ2) is 8.36. The summed E-state index contributed by atoms with van der Waals surface area (Å²) in [7, 11) is 0. The van der Waals surface area contributed by atoms with E-state index < -0.39 is 17.5 Å². The van der Waals surface area contributed by atoms with Crippen molar-refractivity contribution in [3.8, 4) is 0 Å². The number of piperazine rings is 1. The molecule has 1 aromatic carbocycles. The summed E-state index contributed by atoms with van der Waals surface area (Å²) in [5, 5.41) is 3.26. The summed E-state index contributed by atoms with van der Waals surface area (Å²) in [6.45, 7) is 3.11. The van der Waals surface area contributed by atoms with Crippen molar-refractivity contribution >= 4 is 12.4 Å². The molecule has 6 heteroatoms. The minimum Gasteiger partial charge on any atom is -0.314 e. The number of rotatable bonds is 3. The van der Waals surface area contributed by atoms with Crippen molar-refractivity contribution in [2.24, 2.45) is 5.92 Å². The third-order valence-electron chi connectivity index (χ3n) is 5.02. The summed E-state index contributed by atoms with van der Waals surface area (Å²) >= 11 is 0. The number of benzene rings is 1. The highest BCUT2D eigenvalue weighted by Crippen LogP contribution is 2.40. The fraction of sp³-hybridized carbons (Fsp3) is 0.647. The van der Waals surface area contributed by atoms with Gasteiger partial charge < -0.3 is 5.32 Å². The van der Waals surface area contributed by atoms with Crippen molar-refractivity contribution in [1.82, 2.24) is 10.2 Å². The quantitative estimate of drug-likeness (QED) is 0.829. The molecule has 1 heterocycles. The summed E-state index contributed by atoms with van der Waals surface area (Å²) in [5.74, 6) is -2.37. The molecule has 0 amide bonds. The molecule has 0 spiro atoms. The minimum atomic E-state index is -1.01. The molecule has 0 aromatic heterocycles. The molecule has 0 radical (unpaired) electrons. The molecular formula is C17H24ClF3N2. The van der Waals surface area contributed by atoms with E-state index in [1.807, 2.05) is 0 Å². The number of hydrogen-bond donors (Lipinski definition) is 1. The van der Waals surface area contributed by atoms with Crippen LogP contribution in [0, 0.1) is 23.4 Å². The van der Waals surface area contributed by atoms with Crippen LogP contribution in [-0.2, 0) is 0 Å². The monoisotopic (exact) mass is 348 g/mol. The molecule has 1 aromatic rings. The van der Waals surface area contributed by atoms with Gasteiger partial charge in [-0.1, -0.05) is 19.3 Å². The highest BCUT2D eigenvalue weighted by molar-refractivity contribution is 5.85. The standard InChI is InChI=1S/C17H23F3N2.ClH/c18-13-6-7-14(19)16(20)15(13)17(12-4-2-1-3-5-12)22-10-8-21-9-11-22;/h6-7,12,17,21H,1-5,8-11H2;1H/t17-;/m1./s1. The van der Waals surface area contributed by atoms with Crippen LogP contribution in [0.4, 0.5) is 13.2 Å². The number of halogens is 4. The van der Waals surface area contributed by atoms with E-state index in [1.165, 1.54) is 6.42 Å². The molecule has 2 aliphatic rings. The van der Waals surface area contributed by atoms with Crippen molar-refractivity contribution in [3.63, 3.8) is 0 Å². The van der Waals surface area contributed by atoms with Crippen molar-refractivity contribution in [1.29, 1.82) is 0 Å². The Kier molecular flexibility index (Phi) is 6.74. The Bertz CT molecular complexity index is 497. The summed E-state index contributed by atoms with van der Waals surface area (Å²) in [6.07, 6.45) is 5.28. The Morgan fingerprint density at radius 1 is 0.957 bits per heavy atom. The predicted molar refractivity (Wildman–Crippen MR) is 87.3 cm³/mol. The van der Waals surface area contributed by atoms with Crippen molar-refractivity contribution in [3.05, 3.63) is 35.1 Å². The van der Waals surface area contributed by atoms with Gasteiger partial charge in [-0.05, 0) is 30.9 Å². The Labute approximate surface area is 141 Å². The van der Waals surface area contributed by atoms with Crippen LogP contribution in [-0.4, -0.2) is 31.1 Å². The second-order valence-corrected chi connectivity index (χ2v) is 6.39. The van der Waals surface area contributed by atoms with Crippen molar-refractivity contribution < 1.29 is 13.2 Å². The van der Waals surface area contributed by atoms with E-state index in [0.717, 1.165) is 64.0 Å². The van der Waals surface area contributed by atoms with E-state index >= 15 is 0 Å². The van der Waals surface area contributed by atoms with Gasteiger partial charge in [-0.3, -0.25) is 4.90 Å². The van der Waals surface area contributed by atoms with Gasteiger partial charge in [-0.2, -0.15) is 0 Å². The maximum absolute atomic E-state index is 14.4. The molecule has 2 fully saturated rings. The first-order chi connectivity index (χ1) is 10.7. The largest absolute Gasteiger partial charge is 0.314 e. The van der Waals surface area contributed by atoms with Crippen LogP contribution in [0.25, 0.3) is 0 Å². The zero-order chi connectivity index (χ0) is 15.5. The van der Waals surface area contributed by atoms with Gasteiger partial charge in [0.05, 0.1) is 0 Å². The SMILES string of the molecule is Cl.Fc1ccc(F)c([C@@H](C2CCCCC2)N2CCNCC2)c1F. The van der Waals surface area contributed by atoms with Crippen molar-refractivity contribution in [2.75, 3.05) is 26.2 Å². The summed E-state index contributed by atoms with van der Waals surface area (Å²) in [5.41, 5.74) is -0.0613. The lowest BCUT2D eigenvalue weighted by Gasteiger charge is -2.41. The number of hydrogen-bond acceptors (Lipinski definition) is 2. The molecular weight excluding hydrogens is 325 g/mol. The fourth-order valence-electron chi connectivity index (χ4n) is 3.94. The van der Waals surface area contributed by atoms with Crippen LogP contribution in [0.3, 0.4) is 0 Å². The predicted octanol–water partition coefficient (Wildman–Crippen LogP) is 4.05. The Morgan fingerprint density at radius 2 is 1.57 bits per heavy atom. The lowest BCUT2D eigenvalue weighted by Crippen LogP contribution is -2.47. The van der Waals surface area contributed by atoms with Gasteiger partial charge in [-0.25, -0.2) is 13.2 Å². The van der Waals surface area contributed by atoms with Crippen molar-refractivity contribution in [2.45, 2.75) is 38.1 Å². The molecule has 1 aliphatic heterocycles. The van der Waals surface area contributed by atoms with E-state index in [4.69, 9.17) is 0 Å². The number of nitrogens with zero attached hydrogens (tertiary/aromatic N) is 1. The average Bonchev–Trinajstić information content (AvgIpc) is 2.57. The van der Waals surface area contributed by atoms with Gasteiger partial charge in [-0.15, -0.1) is 12.4 Å². The number of nitrogens with one attached hydrogen (secondary N) is 1. The maximum Gasteiger partial charge on any atom is 0.166 e. The third-order valence-corrected chi connectivity index (χ3v) is 5.02. The molecule has 1 aliphatic carbocycles. The molecule has 1 saturated heterocycles. The highest BCUT2D eigenvalue weighted by Gasteiger charge is 2.35.